The van der Waals surface area contributed by atoms with Gasteiger partial charge >= 0.3 is 0 Å². The highest BCUT2D eigenvalue weighted by atomic mass is 31.1. The Hall–Kier alpha value is -5.27. The lowest BCUT2D eigenvalue weighted by Crippen LogP contribution is -2.74. The highest BCUT2D eigenvalue weighted by Crippen LogP contribution is 2.43. The van der Waals surface area contributed by atoms with E-state index in [1.807, 2.05) is 12.1 Å². The molecule has 3 heteroatoms. The first-order chi connectivity index (χ1) is 23.3. The standard InChI is InChI=1S/C44H33OPSi/c45-46-34-29-27-32(28-30-34)43-39-23-10-12-25-41(39)44(42-26-13-11-24-40(42)43)33-15-14-22-38(31-33)47(35-16-4-1-5-17-35,36-18-6-2-7-19-36)37-20-8-3-9-21-37/h1-31H,46H2. The molecule has 8 rings (SSSR count). The van der Waals surface area contributed by atoms with Gasteiger partial charge in [-0.25, -0.2) is 0 Å². The third kappa shape index (κ3) is 4.98. The zero-order valence-corrected chi connectivity index (χ0v) is 28.0. The molecule has 1 unspecified atom stereocenters. The van der Waals surface area contributed by atoms with Gasteiger partial charge in [0.15, 0.2) is 8.07 Å². The number of fused-ring (bicyclic) bond motifs is 2. The molecule has 0 saturated heterocycles. The van der Waals surface area contributed by atoms with Gasteiger partial charge in [-0.3, -0.25) is 0 Å². The molecule has 0 aliphatic carbocycles. The molecule has 8 aromatic carbocycles. The van der Waals surface area contributed by atoms with Crippen LogP contribution in [0.2, 0.25) is 0 Å². The van der Waals surface area contributed by atoms with Gasteiger partial charge in [-0.2, -0.15) is 0 Å². The molecule has 0 spiro atoms. The van der Waals surface area contributed by atoms with Crippen LogP contribution in [0.25, 0.3) is 43.8 Å². The summed E-state index contributed by atoms with van der Waals surface area (Å²) in [6, 6.07) is 68.5. The largest absolute Gasteiger partial charge is 0.325 e. The minimum Gasteiger partial charge on any atom is -0.325 e. The van der Waals surface area contributed by atoms with E-state index in [1.54, 1.807) is 0 Å². The molecule has 47 heavy (non-hydrogen) atoms. The molecule has 0 bridgehead atoms. The first-order valence-electron chi connectivity index (χ1n) is 16.1. The average molecular weight is 637 g/mol. The molecule has 1 nitrogen and oxygen atoms in total. The Kier molecular flexibility index (Phi) is 7.75. The van der Waals surface area contributed by atoms with E-state index >= 15 is 0 Å². The molecule has 0 aromatic heterocycles. The second-order valence-corrected chi connectivity index (χ2v) is 16.7. The van der Waals surface area contributed by atoms with Crippen LogP contribution in [0.3, 0.4) is 0 Å². The van der Waals surface area contributed by atoms with Crippen molar-refractivity contribution in [2.75, 3.05) is 0 Å². The summed E-state index contributed by atoms with van der Waals surface area (Å²) in [5.74, 6) is 0. The van der Waals surface area contributed by atoms with E-state index in [0.717, 1.165) is 10.9 Å². The molecule has 0 heterocycles. The molecule has 0 amide bonds. The van der Waals surface area contributed by atoms with Crippen LogP contribution in [0, 0.1) is 0 Å². The van der Waals surface area contributed by atoms with E-state index in [1.165, 1.54) is 59.0 Å². The van der Waals surface area contributed by atoms with Gasteiger partial charge in [0.1, 0.15) is 0 Å². The maximum atomic E-state index is 11.7. The van der Waals surface area contributed by atoms with Gasteiger partial charge < -0.3 is 4.57 Å². The van der Waals surface area contributed by atoms with Crippen LogP contribution in [-0.4, -0.2) is 8.07 Å². The van der Waals surface area contributed by atoms with Crippen LogP contribution in [0.15, 0.2) is 188 Å². The maximum Gasteiger partial charge on any atom is 0.179 e. The molecular formula is C44H33OPSi. The maximum absolute atomic E-state index is 11.7. The minimum atomic E-state index is -2.70. The minimum absolute atomic E-state index is 0.888. The first kappa shape index (κ1) is 29.2. The normalized spacial score (nSPS) is 11.8. The number of rotatable bonds is 7. The molecular weight excluding hydrogens is 604 g/mol. The fourth-order valence-corrected chi connectivity index (χ4v) is 12.6. The highest BCUT2D eigenvalue weighted by molar-refractivity contribution is 7.34. The number of benzene rings is 8. The molecule has 0 N–H and O–H groups in total. The first-order valence-corrected chi connectivity index (χ1v) is 19.1. The summed E-state index contributed by atoms with van der Waals surface area (Å²) < 4.78 is 11.7. The van der Waals surface area contributed by atoms with E-state index in [9.17, 15) is 4.57 Å². The summed E-state index contributed by atoms with van der Waals surface area (Å²) in [4.78, 5) is 0. The van der Waals surface area contributed by atoms with Crippen molar-refractivity contribution in [1.82, 2.24) is 0 Å². The van der Waals surface area contributed by atoms with Crippen molar-refractivity contribution >= 4 is 64.1 Å². The third-order valence-electron chi connectivity index (χ3n) is 9.47. The summed E-state index contributed by atoms with van der Waals surface area (Å²) in [7, 11) is -3.65. The van der Waals surface area contributed by atoms with Crippen molar-refractivity contribution in [1.29, 1.82) is 0 Å². The molecule has 1 atom stereocenters. The Bertz CT molecular complexity index is 2200. The van der Waals surface area contributed by atoms with E-state index in [0.29, 0.717) is 0 Å². The second kappa shape index (κ2) is 12.5. The van der Waals surface area contributed by atoms with Crippen LogP contribution < -0.4 is 26.1 Å². The van der Waals surface area contributed by atoms with E-state index in [2.05, 4.69) is 176 Å². The summed E-state index contributed by atoms with van der Waals surface area (Å²) in [6.45, 7) is 0. The smallest absolute Gasteiger partial charge is 0.179 e. The molecule has 0 aliphatic heterocycles. The molecule has 224 valence electrons. The van der Waals surface area contributed by atoms with Crippen LogP contribution in [0.1, 0.15) is 0 Å². The Morgan fingerprint density at radius 2 is 0.723 bits per heavy atom. The van der Waals surface area contributed by atoms with Crippen molar-refractivity contribution < 1.29 is 4.57 Å². The van der Waals surface area contributed by atoms with Gasteiger partial charge in [0.05, 0.1) is 8.46 Å². The van der Waals surface area contributed by atoms with Crippen molar-refractivity contribution in [2.24, 2.45) is 0 Å². The van der Waals surface area contributed by atoms with Gasteiger partial charge in [-0.05, 0) is 64.5 Å². The van der Waals surface area contributed by atoms with Crippen LogP contribution in [-0.2, 0) is 4.57 Å². The van der Waals surface area contributed by atoms with Crippen LogP contribution in [0.5, 0.6) is 0 Å². The summed E-state index contributed by atoms with van der Waals surface area (Å²) in [5, 5.41) is 11.2. The average Bonchev–Trinajstić information content (AvgIpc) is 3.16. The molecule has 0 saturated carbocycles. The molecule has 0 aliphatic rings. The van der Waals surface area contributed by atoms with Crippen molar-refractivity contribution in [3.05, 3.63) is 188 Å². The van der Waals surface area contributed by atoms with E-state index in [4.69, 9.17) is 0 Å². The second-order valence-electron chi connectivity index (χ2n) is 12.0. The Morgan fingerprint density at radius 1 is 0.340 bits per heavy atom. The van der Waals surface area contributed by atoms with Crippen molar-refractivity contribution in [2.45, 2.75) is 0 Å². The monoisotopic (exact) mass is 636 g/mol. The lowest BCUT2D eigenvalue weighted by Gasteiger charge is -2.34. The van der Waals surface area contributed by atoms with Crippen molar-refractivity contribution in [3.8, 4) is 22.3 Å². The topological polar surface area (TPSA) is 17.1 Å². The fraction of sp³-hybridized carbons (Fsp3) is 0. The van der Waals surface area contributed by atoms with Gasteiger partial charge in [-0.1, -0.05) is 188 Å². The van der Waals surface area contributed by atoms with E-state index < -0.39 is 16.5 Å². The predicted molar refractivity (Wildman–Crippen MR) is 206 cm³/mol. The van der Waals surface area contributed by atoms with Gasteiger partial charge in [0.25, 0.3) is 0 Å². The Balaban J connectivity index is 1.45. The molecule has 8 aromatic rings. The zero-order valence-electron chi connectivity index (χ0n) is 25.9. The number of hydrogen-bond acceptors (Lipinski definition) is 1. The van der Waals surface area contributed by atoms with Crippen LogP contribution in [0.4, 0.5) is 0 Å². The number of hydrogen-bond donors (Lipinski definition) is 0. The van der Waals surface area contributed by atoms with Crippen LogP contribution >= 0.6 is 8.46 Å². The lowest BCUT2D eigenvalue weighted by atomic mass is 9.86. The fourth-order valence-electron chi connectivity index (χ4n) is 7.45. The van der Waals surface area contributed by atoms with E-state index in [-0.39, 0.29) is 0 Å². The SMILES string of the molecule is O=[PH2]c1ccc(-c2c3ccccc3c(-c3cccc([Si](c4ccccc4)(c4ccccc4)c4ccccc4)c3)c3ccccc23)cc1. The quantitative estimate of drug-likeness (QED) is 0.0748. The summed E-state index contributed by atoms with van der Waals surface area (Å²) in [5.41, 5.74) is 4.81. The zero-order chi connectivity index (χ0) is 31.6. The third-order valence-corrected chi connectivity index (χ3v) is 14.9. The van der Waals surface area contributed by atoms with Gasteiger partial charge in [-0.15, -0.1) is 0 Å². The Morgan fingerprint density at radius 3 is 1.15 bits per heavy atom. The lowest BCUT2D eigenvalue weighted by molar-refractivity contribution is 0.603. The van der Waals surface area contributed by atoms with Gasteiger partial charge in [0.2, 0.25) is 0 Å². The predicted octanol–water partition coefficient (Wildman–Crippen LogP) is 8.09. The van der Waals surface area contributed by atoms with Gasteiger partial charge in [0, 0.05) is 5.30 Å². The van der Waals surface area contributed by atoms with Crippen molar-refractivity contribution in [3.63, 3.8) is 0 Å². The molecule has 0 fully saturated rings. The summed E-state index contributed by atoms with van der Waals surface area (Å²) in [6.07, 6.45) is 0. The summed E-state index contributed by atoms with van der Waals surface area (Å²) >= 11 is 0. The highest BCUT2D eigenvalue weighted by Gasteiger charge is 2.41. The molecule has 0 radical (unpaired) electrons. The Labute approximate surface area is 278 Å².